The molecule has 0 aliphatic rings. The van der Waals surface area contributed by atoms with Gasteiger partial charge in [0.05, 0.1) is 0 Å². The summed E-state index contributed by atoms with van der Waals surface area (Å²) in [4.78, 5) is 21.8. The molecule has 0 fully saturated rings. The van der Waals surface area contributed by atoms with Crippen LogP contribution in [0, 0.1) is 0 Å². The number of rotatable bonds is 13. The molecule has 5 heteroatoms. The van der Waals surface area contributed by atoms with Crippen molar-refractivity contribution in [3.63, 3.8) is 0 Å². The SMILES string of the molecule is C[C@H](OC(=O)CCCCCCCCCCCCl)C(=O)O. The number of hydrogen-bond acceptors (Lipinski definition) is 3. The predicted molar refractivity (Wildman–Crippen MR) is 80.1 cm³/mol. The van der Waals surface area contributed by atoms with Gasteiger partial charge in [-0.3, -0.25) is 4.79 Å². The lowest BCUT2D eigenvalue weighted by molar-refractivity contribution is -0.162. The summed E-state index contributed by atoms with van der Waals surface area (Å²) in [6.07, 6.45) is 9.44. The van der Waals surface area contributed by atoms with Crippen molar-refractivity contribution in [3.8, 4) is 0 Å². The average Bonchev–Trinajstić information content (AvgIpc) is 2.40. The van der Waals surface area contributed by atoms with Crippen molar-refractivity contribution in [2.75, 3.05) is 5.88 Å². The number of halogens is 1. The lowest BCUT2D eigenvalue weighted by atomic mass is 10.1. The third-order valence-electron chi connectivity index (χ3n) is 3.17. The van der Waals surface area contributed by atoms with Crippen LogP contribution in [0.5, 0.6) is 0 Å². The molecular weight excluding hydrogens is 280 g/mol. The van der Waals surface area contributed by atoms with E-state index in [4.69, 9.17) is 21.4 Å². The monoisotopic (exact) mass is 306 g/mol. The maximum absolute atomic E-state index is 11.3. The van der Waals surface area contributed by atoms with Crippen LogP contribution in [0.4, 0.5) is 0 Å². The zero-order chi connectivity index (χ0) is 15.2. The Bertz CT molecular complexity index is 269. The molecule has 1 N–H and O–H groups in total. The molecule has 0 heterocycles. The minimum absolute atomic E-state index is 0.313. The molecule has 20 heavy (non-hydrogen) atoms. The zero-order valence-corrected chi connectivity index (χ0v) is 13.2. The Kier molecular flexibility index (Phi) is 12.7. The van der Waals surface area contributed by atoms with E-state index >= 15 is 0 Å². The first-order valence-corrected chi connectivity index (χ1v) is 8.09. The van der Waals surface area contributed by atoms with Crippen LogP contribution in [-0.2, 0) is 14.3 Å². The Hall–Kier alpha value is -0.770. The number of esters is 1. The maximum atomic E-state index is 11.3. The van der Waals surface area contributed by atoms with E-state index in [-0.39, 0.29) is 0 Å². The van der Waals surface area contributed by atoms with Crippen LogP contribution in [0.15, 0.2) is 0 Å². The van der Waals surface area contributed by atoms with Crippen molar-refractivity contribution in [2.45, 2.75) is 77.2 Å². The molecule has 0 spiro atoms. The van der Waals surface area contributed by atoms with Gasteiger partial charge in [-0.2, -0.15) is 0 Å². The first-order valence-electron chi connectivity index (χ1n) is 7.56. The number of carbonyl (C=O) groups excluding carboxylic acids is 1. The number of alkyl halides is 1. The second-order valence-electron chi connectivity index (χ2n) is 5.09. The summed E-state index contributed by atoms with van der Waals surface area (Å²) < 4.78 is 4.75. The number of aliphatic carboxylic acids is 1. The third-order valence-corrected chi connectivity index (χ3v) is 3.44. The van der Waals surface area contributed by atoms with E-state index in [1.54, 1.807) is 0 Å². The highest BCUT2D eigenvalue weighted by molar-refractivity contribution is 6.17. The molecule has 0 amide bonds. The fourth-order valence-corrected chi connectivity index (χ4v) is 2.10. The fraction of sp³-hybridized carbons (Fsp3) is 0.867. The van der Waals surface area contributed by atoms with E-state index in [0.717, 1.165) is 31.6 Å². The van der Waals surface area contributed by atoms with Crippen LogP contribution in [0.1, 0.15) is 71.1 Å². The maximum Gasteiger partial charge on any atom is 0.344 e. The van der Waals surface area contributed by atoms with Crippen LogP contribution < -0.4 is 0 Å². The Labute approximate surface area is 126 Å². The molecule has 0 aromatic heterocycles. The number of unbranched alkanes of at least 4 members (excludes halogenated alkanes) is 8. The van der Waals surface area contributed by atoms with Gasteiger partial charge >= 0.3 is 11.9 Å². The summed E-state index contributed by atoms with van der Waals surface area (Å²) in [6, 6.07) is 0. The number of ether oxygens (including phenoxy) is 1. The normalized spacial score (nSPS) is 12.1. The standard InChI is InChI=1S/C15H27ClO4/c1-13(15(18)19)20-14(17)11-9-7-5-3-2-4-6-8-10-12-16/h13H,2-12H2,1H3,(H,18,19)/t13-/m0/s1. The Morgan fingerprint density at radius 3 is 1.85 bits per heavy atom. The molecule has 118 valence electrons. The summed E-state index contributed by atoms with van der Waals surface area (Å²) >= 11 is 5.60. The van der Waals surface area contributed by atoms with Crippen molar-refractivity contribution in [1.29, 1.82) is 0 Å². The first-order chi connectivity index (χ1) is 9.57. The molecule has 4 nitrogen and oxygen atoms in total. The largest absolute Gasteiger partial charge is 0.479 e. The van der Waals surface area contributed by atoms with E-state index in [1.165, 1.54) is 39.0 Å². The lowest BCUT2D eigenvalue weighted by Crippen LogP contribution is -2.23. The van der Waals surface area contributed by atoms with E-state index in [0.29, 0.717) is 6.42 Å². The molecule has 0 unspecified atom stereocenters. The van der Waals surface area contributed by atoms with Crippen LogP contribution in [-0.4, -0.2) is 29.0 Å². The zero-order valence-electron chi connectivity index (χ0n) is 12.4. The van der Waals surface area contributed by atoms with Crippen molar-refractivity contribution in [2.24, 2.45) is 0 Å². The van der Waals surface area contributed by atoms with Crippen LogP contribution >= 0.6 is 11.6 Å². The van der Waals surface area contributed by atoms with Gasteiger partial charge in [0.15, 0.2) is 6.10 Å². The van der Waals surface area contributed by atoms with Crippen LogP contribution in [0.25, 0.3) is 0 Å². The van der Waals surface area contributed by atoms with Crippen molar-refractivity contribution in [3.05, 3.63) is 0 Å². The highest BCUT2D eigenvalue weighted by Gasteiger charge is 2.15. The molecule has 0 aliphatic heterocycles. The van der Waals surface area contributed by atoms with Crippen molar-refractivity contribution >= 4 is 23.5 Å². The molecule has 0 saturated carbocycles. The van der Waals surface area contributed by atoms with Gasteiger partial charge in [-0.05, 0) is 19.8 Å². The molecule has 0 aromatic rings. The average molecular weight is 307 g/mol. The van der Waals surface area contributed by atoms with Crippen LogP contribution in [0.3, 0.4) is 0 Å². The fourth-order valence-electron chi connectivity index (χ4n) is 1.91. The van der Waals surface area contributed by atoms with E-state index in [1.807, 2.05) is 0 Å². The number of carboxylic acid groups (broad SMARTS) is 1. The second-order valence-corrected chi connectivity index (χ2v) is 5.47. The second kappa shape index (κ2) is 13.2. The van der Waals surface area contributed by atoms with E-state index in [2.05, 4.69) is 0 Å². The van der Waals surface area contributed by atoms with Gasteiger partial charge in [0.1, 0.15) is 0 Å². The highest BCUT2D eigenvalue weighted by atomic mass is 35.5. The third kappa shape index (κ3) is 12.3. The number of carbonyl (C=O) groups is 2. The Morgan fingerprint density at radius 2 is 1.40 bits per heavy atom. The van der Waals surface area contributed by atoms with E-state index in [9.17, 15) is 9.59 Å². The smallest absolute Gasteiger partial charge is 0.344 e. The first kappa shape index (κ1) is 19.2. The van der Waals surface area contributed by atoms with Crippen LogP contribution in [0.2, 0.25) is 0 Å². The Balaban J connectivity index is 3.27. The van der Waals surface area contributed by atoms with Gasteiger partial charge in [-0.15, -0.1) is 11.6 Å². The van der Waals surface area contributed by atoms with Gasteiger partial charge in [-0.25, -0.2) is 4.79 Å². The molecule has 0 aliphatic carbocycles. The molecule has 0 radical (unpaired) electrons. The van der Waals surface area contributed by atoms with E-state index < -0.39 is 18.0 Å². The predicted octanol–water partition coefficient (Wildman–Crippen LogP) is 4.14. The molecule has 0 saturated heterocycles. The molecule has 0 rings (SSSR count). The van der Waals surface area contributed by atoms with Gasteiger partial charge in [0, 0.05) is 12.3 Å². The molecule has 1 atom stereocenters. The van der Waals surface area contributed by atoms with Gasteiger partial charge in [-0.1, -0.05) is 44.9 Å². The van der Waals surface area contributed by atoms with Crippen molar-refractivity contribution < 1.29 is 19.4 Å². The minimum Gasteiger partial charge on any atom is -0.479 e. The Morgan fingerprint density at radius 1 is 0.950 bits per heavy atom. The number of carboxylic acids is 1. The van der Waals surface area contributed by atoms with Gasteiger partial charge < -0.3 is 9.84 Å². The van der Waals surface area contributed by atoms with Gasteiger partial charge in [0.2, 0.25) is 0 Å². The summed E-state index contributed by atoms with van der Waals surface area (Å²) in [5, 5.41) is 8.59. The van der Waals surface area contributed by atoms with Crippen molar-refractivity contribution in [1.82, 2.24) is 0 Å². The summed E-state index contributed by atoms with van der Waals surface area (Å²) in [6.45, 7) is 1.37. The quantitative estimate of drug-likeness (QED) is 0.315. The molecule has 0 bridgehead atoms. The number of hydrogen-bond donors (Lipinski definition) is 1. The summed E-state index contributed by atoms with van der Waals surface area (Å²) in [5.41, 5.74) is 0. The molecular formula is C15H27ClO4. The topological polar surface area (TPSA) is 63.6 Å². The lowest BCUT2D eigenvalue weighted by Gasteiger charge is -2.08. The minimum atomic E-state index is -1.10. The summed E-state index contributed by atoms with van der Waals surface area (Å²) in [7, 11) is 0. The summed E-state index contributed by atoms with van der Waals surface area (Å²) in [5.74, 6) is -0.759. The van der Waals surface area contributed by atoms with Gasteiger partial charge in [0.25, 0.3) is 0 Å². The molecule has 0 aromatic carbocycles. The highest BCUT2D eigenvalue weighted by Crippen LogP contribution is 2.11.